The number of hydrogen-bond acceptors (Lipinski definition) is 4. The van der Waals surface area contributed by atoms with E-state index < -0.39 is 12.2 Å². The van der Waals surface area contributed by atoms with Gasteiger partial charge < -0.3 is 14.9 Å². The van der Waals surface area contributed by atoms with Gasteiger partial charge in [-0.2, -0.15) is 0 Å². The number of cyclic esters (lactones) is 1. The molecule has 2 atom stereocenters. The van der Waals surface area contributed by atoms with E-state index in [0.717, 1.165) is 25.7 Å². The van der Waals surface area contributed by atoms with E-state index in [4.69, 9.17) is 4.74 Å². The van der Waals surface area contributed by atoms with Crippen LogP contribution in [0.5, 0.6) is 0 Å². The zero-order valence-electron chi connectivity index (χ0n) is 11.9. The van der Waals surface area contributed by atoms with E-state index >= 15 is 0 Å². The highest BCUT2D eigenvalue weighted by molar-refractivity contribution is 5.69. The zero-order valence-corrected chi connectivity index (χ0v) is 11.9. The first-order chi connectivity index (χ1) is 9.20. The molecule has 0 bridgehead atoms. The maximum absolute atomic E-state index is 11.4. The van der Waals surface area contributed by atoms with Gasteiger partial charge in [-0.15, -0.1) is 0 Å². The molecule has 4 heteroatoms. The molecule has 1 aliphatic rings. The summed E-state index contributed by atoms with van der Waals surface area (Å²) in [6.45, 7) is 0.205. The van der Waals surface area contributed by atoms with Crippen molar-refractivity contribution >= 4 is 5.97 Å². The van der Waals surface area contributed by atoms with Gasteiger partial charge in [-0.3, -0.25) is 4.79 Å². The Kier molecular flexibility index (Phi) is 8.84. The Balaban J connectivity index is 2.30. The summed E-state index contributed by atoms with van der Waals surface area (Å²) in [5, 5.41) is 19.5. The predicted octanol–water partition coefficient (Wildman–Crippen LogP) is 2.56. The highest BCUT2D eigenvalue weighted by Crippen LogP contribution is 2.14. The first-order valence-electron chi connectivity index (χ1n) is 7.72. The van der Waals surface area contributed by atoms with E-state index in [0.29, 0.717) is 19.3 Å². The van der Waals surface area contributed by atoms with Crippen molar-refractivity contribution in [1.82, 2.24) is 0 Å². The largest absolute Gasteiger partial charge is 0.466 e. The SMILES string of the molecule is O=C1CCCCCCCCCC[C@H](O)[C@@H](O)CCO1. The lowest BCUT2D eigenvalue weighted by molar-refractivity contribution is -0.145. The molecule has 112 valence electrons. The molecule has 0 aliphatic carbocycles. The smallest absolute Gasteiger partial charge is 0.305 e. The highest BCUT2D eigenvalue weighted by atomic mass is 16.5. The van der Waals surface area contributed by atoms with Crippen molar-refractivity contribution in [3.63, 3.8) is 0 Å². The van der Waals surface area contributed by atoms with E-state index in [2.05, 4.69) is 0 Å². The Morgan fingerprint density at radius 1 is 0.789 bits per heavy atom. The Hall–Kier alpha value is -0.610. The molecule has 0 radical (unpaired) electrons. The van der Waals surface area contributed by atoms with Crippen molar-refractivity contribution in [3.05, 3.63) is 0 Å². The quantitative estimate of drug-likeness (QED) is 0.665. The van der Waals surface area contributed by atoms with Gasteiger partial charge in [0.05, 0.1) is 18.8 Å². The van der Waals surface area contributed by atoms with Crippen molar-refractivity contribution in [1.29, 1.82) is 0 Å². The standard InChI is InChI=1S/C15H28O4/c16-13-9-7-5-3-1-2-4-6-8-10-15(18)19-12-11-14(13)17/h13-14,16-17H,1-12H2/t13-,14-/m0/s1. The fraction of sp³-hybridized carbons (Fsp3) is 0.933. The number of carbonyl (C=O) groups excluding carboxylic acids is 1. The molecule has 4 nitrogen and oxygen atoms in total. The third kappa shape index (κ3) is 8.22. The Morgan fingerprint density at radius 3 is 2.00 bits per heavy atom. The van der Waals surface area contributed by atoms with Crippen molar-refractivity contribution in [2.75, 3.05) is 6.61 Å². The molecular weight excluding hydrogens is 244 g/mol. The maximum Gasteiger partial charge on any atom is 0.305 e. The summed E-state index contributed by atoms with van der Waals surface area (Å²) in [5.74, 6) is -0.186. The Morgan fingerprint density at radius 2 is 1.32 bits per heavy atom. The van der Waals surface area contributed by atoms with Crippen molar-refractivity contribution in [2.45, 2.75) is 82.8 Å². The third-order valence-electron chi connectivity index (χ3n) is 3.75. The molecule has 0 saturated carbocycles. The predicted molar refractivity (Wildman–Crippen MR) is 73.8 cm³/mol. The summed E-state index contributed by atoms with van der Waals surface area (Å²) >= 11 is 0. The summed E-state index contributed by atoms with van der Waals surface area (Å²) in [4.78, 5) is 11.4. The van der Waals surface area contributed by atoms with E-state index in [1.165, 1.54) is 25.7 Å². The number of hydrogen-bond donors (Lipinski definition) is 2. The molecule has 0 unspecified atom stereocenters. The molecule has 0 aromatic rings. The lowest BCUT2D eigenvalue weighted by atomic mass is 10.0. The second-order valence-electron chi connectivity index (χ2n) is 5.51. The van der Waals surface area contributed by atoms with Gasteiger partial charge in [0.15, 0.2) is 0 Å². The number of carbonyl (C=O) groups is 1. The van der Waals surface area contributed by atoms with Gasteiger partial charge in [-0.25, -0.2) is 0 Å². The normalized spacial score (nSPS) is 29.7. The molecule has 0 aromatic heterocycles. The summed E-state index contributed by atoms with van der Waals surface area (Å²) in [5.41, 5.74) is 0. The van der Waals surface area contributed by atoms with Crippen LogP contribution >= 0.6 is 0 Å². The van der Waals surface area contributed by atoms with E-state index in [1.54, 1.807) is 0 Å². The van der Waals surface area contributed by atoms with Crippen LogP contribution in [0.3, 0.4) is 0 Å². The molecule has 2 N–H and O–H groups in total. The molecule has 1 saturated heterocycles. The summed E-state index contributed by atoms with van der Waals surface area (Å²) in [6.07, 6.45) is 8.87. The van der Waals surface area contributed by atoms with Gasteiger partial charge in [-0.05, 0) is 12.8 Å². The topological polar surface area (TPSA) is 66.8 Å². The van der Waals surface area contributed by atoms with Gasteiger partial charge in [-0.1, -0.05) is 44.9 Å². The van der Waals surface area contributed by atoms with Crippen LogP contribution < -0.4 is 0 Å². The van der Waals surface area contributed by atoms with Crippen LogP contribution in [0.15, 0.2) is 0 Å². The van der Waals surface area contributed by atoms with Crippen LogP contribution in [-0.4, -0.2) is 35.0 Å². The number of aliphatic hydroxyl groups is 2. The number of ether oxygens (including phenoxy) is 1. The van der Waals surface area contributed by atoms with Gasteiger partial charge in [0.25, 0.3) is 0 Å². The minimum atomic E-state index is -0.777. The monoisotopic (exact) mass is 272 g/mol. The van der Waals surface area contributed by atoms with Gasteiger partial charge in [0.2, 0.25) is 0 Å². The Bertz CT molecular complexity index is 242. The maximum atomic E-state index is 11.4. The fourth-order valence-electron chi connectivity index (χ4n) is 2.43. The highest BCUT2D eigenvalue weighted by Gasteiger charge is 2.16. The van der Waals surface area contributed by atoms with Gasteiger partial charge >= 0.3 is 5.97 Å². The number of rotatable bonds is 0. The second kappa shape index (κ2) is 10.2. The average Bonchev–Trinajstić information content (AvgIpc) is 2.39. The summed E-state index contributed by atoms with van der Waals surface area (Å²) in [7, 11) is 0. The van der Waals surface area contributed by atoms with Crippen molar-refractivity contribution in [3.8, 4) is 0 Å². The molecule has 1 heterocycles. The minimum absolute atomic E-state index is 0.186. The molecule has 1 aliphatic heterocycles. The molecule has 0 aromatic carbocycles. The van der Waals surface area contributed by atoms with E-state index in [1.807, 2.05) is 0 Å². The lowest BCUT2D eigenvalue weighted by Crippen LogP contribution is -2.27. The molecule has 0 spiro atoms. The molecule has 1 fully saturated rings. The van der Waals surface area contributed by atoms with Crippen LogP contribution in [-0.2, 0) is 9.53 Å². The zero-order chi connectivity index (χ0) is 13.9. The van der Waals surface area contributed by atoms with Crippen molar-refractivity contribution < 1.29 is 19.7 Å². The van der Waals surface area contributed by atoms with Crippen LogP contribution in [0.4, 0.5) is 0 Å². The molecular formula is C15H28O4. The molecule has 1 rings (SSSR count). The van der Waals surface area contributed by atoms with E-state index in [-0.39, 0.29) is 12.6 Å². The molecule has 0 amide bonds. The summed E-state index contributed by atoms with van der Waals surface area (Å²) < 4.78 is 5.05. The third-order valence-corrected chi connectivity index (χ3v) is 3.75. The van der Waals surface area contributed by atoms with Crippen LogP contribution in [0.2, 0.25) is 0 Å². The average molecular weight is 272 g/mol. The van der Waals surface area contributed by atoms with Crippen LogP contribution in [0.1, 0.15) is 70.6 Å². The Labute approximate surface area is 116 Å². The lowest BCUT2D eigenvalue weighted by Gasteiger charge is -2.17. The minimum Gasteiger partial charge on any atom is -0.466 e. The molecule has 19 heavy (non-hydrogen) atoms. The van der Waals surface area contributed by atoms with Crippen LogP contribution in [0, 0.1) is 0 Å². The summed E-state index contributed by atoms with van der Waals surface area (Å²) in [6, 6.07) is 0. The van der Waals surface area contributed by atoms with Crippen molar-refractivity contribution in [2.24, 2.45) is 0 Å². The number of esters is 1. The van der Waals surface area contributed by atoms with Gasteiger partial charge in [0.1, 0.15) is 0 Å². The van der Waals surface area contributed by atoms with E-state index in [9.17, 15) is 15.0 Å². The first-order valence-corrected chi connectivity index (χ1v) is 7.72. The van der Waals surface area contributed by atoms with Crippen LogP contribution in [0.25, 0.3) is 0 Å². The number of aliphatic hydroxyl groups excluding tert-OH is 2. The fourth-order valence-corrected chi connectivity index (χ4v) is 2.43. The van der Waals surface area contributed by atoms with Gasteiger partial charge in [0, 0.05) is 12.8 Å². The second-order valence-corrected chi connectivity index (χ2v) is 5.51. The first kappa shape index (κ1) is 16.4.